The molecule has 18 heavy (non-hydrogen) atoms. The minimum absolute atomic E-state index is 0.0303. The Labute approximate surface area is 109 Å². The Bertz CT molecular complexity index is 420. The Morgan fingerprint density at radius 3 is 2.44 bits per heavy atom. The van der Waals surface area contributed by atoms with E-state index in [0.717, 1.165) is 24.3 Å². The summed E-state index contributed by atoms with van der Waals surface area (Å²) in [6.45, 7) is 8.16. The van der Waals surface area contributed by atoms with Gasteiger partial charge in [0.25, 0.3) is 0 Å². The van der Waals surface area contributed by atoms with Gasteiger partial charge < -0.3 is 10.2 Å². The highest BCUT2D eigenvalue weighted by atomic mass is 16.2. The van der Waals surface area contributed by atoms with Gasteiger partial charge in [0.2, 0.25) is 0 Å². The van der Waals surface area contributed by atoms with E-state index >= 15 is 0 Å². The molecule has 1 aromatic rings. The SMILES string of the molecule is Cc1ccccc1NC(=O)N1CC(C)CC(C)C1. The highest BCUT2D eigenvalue weighted by molar-refractivity contribution is 5.90. The van der Waals surface area contributed by atoms with Crippen LogP contribution in [0.4, 0.5) is 10.5 Å². The topological polar surface area (TPSA) is 32.3 Å². The number of carbonyl (C=O) groups is 1. The maximum Gasteiger partial charge on any atom is 0.321 e. The van der Waals surface area contributed by atoms with Crippen LogP contribution in [0.25, 0.3) is 0 Å². The number of anilines is 1. The van der Waals surface area contributed by atoms with Crippen LogP contribution < -0.4 is 5.32 Å². The van der Waals surface area contributed by atoms with Gasteiger partial charge in [-0.3, -0.25) is 0 Å². The maximum atomic E-state index is 12.2. The second-order valence-electron chi connectivity index (χ2n) is 5.60. The molecular formula is C15H22N2O. The normalized spacial score (nSPS) is 23.8. The lowest BCUT2D eigenvalue weighted by molar-refractivity contribution is 0.156. The number of likely N-dealkylation sites (tertiary alicyclic amines) is 1. The number of benzene rings is 1. The first kappa shape index (κ1) is 12.9. The van der Waals surface area contributed by atoms with E-state index in [1.165, 1.54) is 6.42 Å². The van der Waals surface area contributed by atoms with Crippen molar-refractivity contribution in [1.82, 2.24) is 4.90 Å². The lowest BCUT2D eigenvalue weighted by Gasteiger charge is -2.35. The van der Waals surface area contributed by atoms with Crippen LogP contribution in [0.1, 0.15) is 25.8 Å². The molecule has 1 fully saturated rings. The second-order valence-corrected chi connectivity index (χ2v) is 5.60. The van der Waals surface area contributed by atoms with Gasteiger partial charge in [0.1, 0.15) is 0 Å². The number of rotatable bonds is 1. The summed E-state index contributed by atoms with van der Waals surface area (Å²) in [5.74, 6) is 1.19. The van der Waals surface area contributed by atoms with Crippen molar-refractivity contribution in [3.63, 3.8) is 0 Å². The number of amides is 2. The molecule has 0 saturated carbocycles. The summed E-state index contributed by atoms with van der Waals surface area (Å²) < 4.78 is 0. The predicted molar refractivity (Wildman–Crippen MR) is 74.7 cm³/mol. The third-order valence-electron chi connectivity index (χ3n) is 3.54. The van der Waals surface area contributed by atoms with E-state index in [4.69, 9.17) is 0 Å². The van der Waals surface area contributed by atoms with Crippen molar-refractivity contribution >= 4 is 11.7 Å². The summed E-state index contributed by atoms with van der Waals surface area (Å²) in [5, 5.41) is 3.01. The highest BCUT2D eigenvalue weighted by Gasteiger charge is 2.25. The molecule has 2 rings (SSSR count). The fourth-order valence-electron chi connectivity index (χ4n) is 2.74. The number of hydrogen-bond acceptors (Lipinski definition) is 1. The van der Waals surface area contributed by atoms with Crippen LogP contribution >= 0.6 is 0 Å². The average molecular weight is 246 g/mol. The maximum absolute atomic E-state index is 12.2. The molecule has 2 amide bonds. The summed E-state index contributed by atoms with van der Waals surface area (Å²) in [7, 11) is 0. The summed E-state index contributed by atoms with van der Waals surface area (Å²) in [4.78, 5) is 14.2. The Balaban J connectivity index is 2.02. The van der Waals surface area contributed by atoms with Crippen molar-refractivity contribution in [2.75, 3.05) is 18.4 Å². The molecule has 1 aliphatic rings. The van der Waals surface area contributed by atoms with Crippen LogP contribution in [0.15, 0.2) is 24.3 Å². The molecule has 1 heterocycles. The Hall–Kier alpha value is -1.51. The molecule has 0 spiro atoms. The molecule has 1 aliphatic heterocycles. The smallest absolute Gasteiger partial charge is 0.321 e. The summed E-state index contributed by atoms with van der Waals surface area (Å²) in [6.07, 6.45) is 1.22. The van der Waals surface area contributed by atoms with Crippen molar-refractivity contribution in [3.8, 4) is 0 Å². The van der Waals surface area contributed by atoms with E-state index in [9.17, 15) is 4.79 Å². The molecule has 2 atom stereocenters. The van der Waals surface area contributed by atoms with Gasteiger partial charge in [-0.15, -0.1) is 0 Å². The number of nitrogens with zero attached hydrogens (tertiary/aromatic N) is 1. The van der Waals surface area contributed by atoms with E-state index in [0.29, 0.717) is 11.8 Å². The fourth-order valence-corrected chi connectivity index (χ4v) is 2.74. The molecule has 0 radical (unpaired) electrons. The van der Waals surface area contributed by atoms with Crippen LogP contribution in [-0.2, 0) is 0 Å². The van der Waals surface area contributed by atoms with Crippen LogP contribution in [-0.4, -0.2) is 24.0 Å². The first-order valence-electron chi connectivity index (χ1n) is 6.68. The standard InChI is InChI=1S/C15H22N2O/c1-11-8-12(2)10-17(9-11)15(18)16-14-7-5-4-6-13(14)3/h4-7,11-12H,8-10H2,1-3H3,(H,16,18). The lowest BCUT2D eigenvalue weighted by Crippen LogP contribution is -2.44. The zero-order chi connectivity index (χ0) is 13.1. The average Bonchev–Trinajstić information content (AvgIpc) is 2.31. The third kappa shape index (κ3) is 3.03. The summed E-state index contributed by atoms with van der Waals surface area (Å²) >= 11 is 0. The van der Waals surface area contributed by atoms with E-state index in [-0.39, 0.29) is 6.03 Å². The molecule has 0 aromatic heterocycles. The molecule has 3 nitrogen and oxygen atoms in total. The van der Waals surface area contributed by atoms with Crippen molar-refractivity contribution < 1.29 is 4.79 Å². The van der Waals surface area contributed by atoms with Gasteiger partial charge in [-0.25, -0.2) is 4.79 Å². The molecule has 98 valence electrons. The molecule has 1 saturated heterocycles. The Morgan fingerprint density at radius 2 is 1.83 bits per heavy atom. The van der Waals surface area contributed by atoms with Gasteiger partial charge >= 0.3 is 6.03 Å². The number of carbonyl (C=O) groups excluding carboxylic acids is 1. The Kier molecular flexibility index (Phi) is 3.90. The highest BCUT2D eigenvalue weighted by Crippen LogP contribution is 2.22. The number of urea groups is 1. The van der Waals surface area contributed by atoms with E-state index < -0.39 is 0 Å². The first-order valence-corrected chi connectivity index (χ1v) is 6.68. The minimum atomic E-state index is 0.0303. The number of nitrogens with one attached hydrogen (secondary N) is 1. The largest absolute Gasteiger partial charge is 0.324 e. The van der Waals surface area contributed by atoms with Crippen LogP contribution in [0.3, 0.4) is 0 Å². The molecule has 0 aliphatic carbocycles. The zero-order valence-corrected chi connectivity index (χ0v) is 11.4. The predicted octanol–water partition coefficient (Wildman–Crippen LogP) is 3.50. The fraction of sp³-hybridized carbons (Fsp3) is 0.533. The zero-order valence-electron chi connectivity index (χ0n) is 11.4. The first-order chi connectivity index (χ1) is 8.56. The van der Waals surface area contributed by atoms with Crippen molar-refractivity contribution in [3.05, 3.63) is 29.8 Å². The Morgan fingerprint density at radius 1 is 1.22 bits per heavy atom. The van der Waals surface area contributed by atoms with Crippen LogP contribution in [0.2, 0.25) is 0 Å². The quantitative estimate of drug-likeness (QED) is 0.808. The van der Waals surface area contributed by atoms with Gasteiger partial charge in [0, 0.05) is 18.8 Å². The number of hydrogen-bond donors (Lipinski definition) is 1. The molecule has 3 heteroatoms. The van der Waals surface area contributed by atoms with Gasteiger partial charge in [0.15, 0.2) is 0 Å². The second kappa shape index (κ2) is 5.42. The number of aryl methyl sites for hydroxylation is 1. The summed E-state index contributed by atoms with van der Waals surface area (Å²) in [6, 6.07) is 7.92. The van der Waals surface area contributed by atoms with Crippen LogP contribution in [0.5, 0.6) is 0 Å². The molecular weight excluding hydrogens is 224 g/mol. The molecule has 1 aromatic carbocycles. The van der Waals surface area contributed by atoms with Gasteiger partial charge in [-0.05, 0) is 36.8 Å². The number of piperidine rings is 1. The van der Waals surface area contributed by atoms with Gasteiger partial charge in [-0.2, -0.15) is 0 Å². The van der Waals surface area contributed by atoms with Crippen LogP contribution in [0, 0.1) is 18.8 Å². The van der Waals surface area contributed by atoms with Gasteiger partial charge in [-0.1, -0.05) is 32.0 Å². The van der Waals surface area contributed by atoms with Crippen molar-refractivity contribution in [2.45, 2.75) is 27.2 Å². The molecule has 2 unspecified atom stereocenters. The van der Waals surface area contributed by atoms with Crippen molar-refractivity contribution in [2.24, 2.45) is 11.8 Å². The van der Waals surface area contributed by atoms with Crippen molar-refractivity contribution in [1.29, 1.82) is 0 Å². The molecule has 1 N–H and O–H groups in total. The number of para-hydroxylation sites is 1. The monoisotopic (exact) mass is 246 g/mol. The van der Waals surface area contributed by atoms with E-state index in [1.807, 2.05) is 36.1 Å². The lowest BCUT2D eigenvalue weighted by atomic mass is 9.92. The van der Waals surface area contributed by atoms with E-state index in [1.54, 1.807) is 0 Å². The van der Waals surface area contributed by atoms with E-state index in [2.05, 4.69) is 19.2 Å². The summed E-state index contributed by atoms with van der Waals surface area (Å²) in [5.41, 5.74) is 2.01. The molecule has 0 bridgehead atoms. The van der Waals surface area contributed by atoms with Gasteiger partial charge in [0.05, 0.1) is 0 Å². The third-order valence-corrected chi connectivity index (χ3v) is 3.54. The minimum Gasteiger partial charge on any atom is -0.324 e.